The quantitative estimate of drug-likeness (QED) is 0.601. The van der Waals surface area contributed by atoms with Gasteiger partial charge < -0.3 is 9.64 Å². The Hall–Kier alpha value is -3.10. The summed E-state index contributed by atoms with van der Waals surface area (Å²) in [6, 6.07) is 17.7. The molecule has 1 atom stereocenters. The minimum Gasteiger partial charge on any atom is -0.464 e. The first-order chi connectivity index (χ1) is 16.5. The molecule has 8 heteroatoms. The summed E-state index contributed by atoms with van der Waals surface area (Å²) in [6.07, 6.45) is 0.811. The van der Waals surface area contributed by atoms with E-state index in [4.69, 9.17) is 4.74 Å². The van der Waals surface area contributed by atoms with E-state index < -0.39 is 0 Å². The fraction of sp³-hybridized carbons (Fsp3) is 0.462. The molecule has 2 aliphatic heterocycles. The van der Waals surface area contributed by atoms with Gasteiger partial charge in [0.1, 0.15) is 6.04 Å². The van der Waals surface area contributed by atoms with Crippen LogP contribution >= 0.6 is 0 Å². The number of esters is 1. The monoisotopic (exact) mass is 465 g/mol. The molecule has 1 unspecified atom stereocenters. The van der Waals surface area contributed by atoms with Crippen molar-refractivity contribution in [3.63, 3.8) is 0 Å². The van der Waals surface area contributed by atoms with Crippen molar-refractivity contribution in [2.24, 2.45) is 0 Å². The Morgan fingerprint density at radius 2 is 1.62 bits per heavy atom. The van der Waals surface area contributed by atoms with E-state index >= 15 is 0 Å². The fourth-order valence-electron chi connectivity index (χ4n) is 4.51. The van der Waals surface area contributed by atoms with Crippen LogP contribution in [0, 0.1) is 0 Å². The molecule has 0 saturated carbocycles. The molecule has 0 radical (unpaired) electrons. The Bertz CT molecular complexity index is 958. The van der Waals surface area contributed by atoms with Crippen molar-refractivity contribution in [2.75, 3.05) is 49.3 Å². The van der Waals surface area contributed by atoms with Gasteiger partial charge in [-0.25, -0.2) is 15.0 Å². The predicted octanol–water partition coefficient (Wildman–Crippen LogP) is 3.62. The minimum absolute atomic E-state index is 0.0294. The maximum absolute atomic E-state index is 12.9. The largest absolute Gasteiger partial charge is 0.464 e. The molecule has 2 aromatic rings. The van der Waals surface area contributed by atoms with Gasteiger partial charge in [-0.05, 0) is 50.1 Å². The number of anilines is 2. The molecule has 0 spiro atoms. The van der Waals surface area contributed by atoms with Crippen molar-refractivity contribution in [3.8, 4) is 0 Å². The second kappa shape index (κ2) is 10.9. The highest BCUT2D eigenvalue weighted by molar-refractivity contribution is 5.93. The third-order valence-corrected chi connectivity index (χ3v) is 6.35. The van der Waals surface area contributed by atoms with Gasteiger partial charge in [0, 0.05) is 43.6 Å². The fourth-order valence-corrected chi connectivity index (χ4v) is 4.51. The number of amides is 2. The van der Waals surface area contributed by atoms with Crippen molar-refractivity contribution < 1.29 is 14.3 Å². The minimum atomic E-state index is -0.380. The van der Waals surface area contributed by atoms with Crippen LogP contribution in [0.2, 0.25) is 0 Å². The number of piperazine rings is 1. The van der Waals surface area contributed by atoms with Gasteiger partial charge in [-0.15, -0.1) is 0 Å². The molecule has 2 aromatic carbocycles. The predicted molar refractivity (Wildman–Crippen MR) is 134 cm³/mol. The first-order valence-electron chi connectivity index (χ1n) is 12.1. The van der Waals surface area contributed by atoms with Gasteiger partial charge in [0.25, 0.3) is 0 Å². The lowest BCUT2D eigenvalue weighted by atomic mass is 10.0. The molecule has 4 rings (SSSR count). The van der Waals surface area contributed by atoms with Crippen molar-refractivity contribution in [1.29, 1.82) is 0 Å². The second-order valence-electron chi connectivity index (χ2n) is 9.01. The lowest BCUT2D eigenvalue weighted by Gasteiger charge is -2.39. The lowest BCUT2D eigenvalue weighted by molar-refractivity contribution is -0.150. The molecule has 34 heavy (non-hydrogen) atoms. The van der Waals surface area contributed by atoms with E-state index in [1.165, 1.54) is 0 Å². The van der Waals surface area contributed by atoms with Gasteiger partial charge in [0.15, 0.2) is 0 Å². The highest BCUT2D eigenvalue weighted by Crippen LogP contribution is 2.27. The van der Waals surface area contributed by atoms with Crippen molar-refractivity contribution >= 4 is 23.4 Å². The first-order valence-corrected chi connectivity index (χ1v) is 12.1. The third kappa shape index (κ3) is 5.18. The Labute approximate surface area is 202 Å². The average molecular weight is 466 g/mol. The molecule has 2 saturated heterocycles. The van der Waals surface area contributed by atoms with Gasteiger partial charge in [-0.3, -0.25) is 14.8 Å². The summed E-state index contributed by atoms with van der Waals surface area (Å²) >= 11 is 0. The van der Waals surface area contributed by atoms with Crippen LogP contribution in [0.15, 0.2) is 54.6 Å². The van der Waals surface area contributed by atoms with E-state index in [1.54, 1.807) is 9.91 Å². The summed E-state index contributed by atoms with van der Waals surface area (Å²) in [5.74, 6) is -0.176. The van der Waals surface area contributed by atoms with E-state index in [9.17, 15) is 9.59 Å². The average Bonchev–Trinajstić information content (AvgIpc) is 3.25. The molecule has 8 nitrogen and oxygen atoms in total. The number of carbonyl (C=O) groups excluding carboxylic acids is 2. The van der Waals surface area contributed by atoms with E-state index in [-0.39, 0.29) is 24.1 Å². The van der Waals surface area contributed by atoms with Crippen LogP contribution in [0.5, 0.6) is 0 Å². The van der Waals surface area contributed by atoms with E-state index in [1.807, 2.05) is 63.2 Å². The molecule has 0 bridgehead atoms. The zero-order valence-corrected chi connectivity index (χ0v) is 20.3. The van der Waals surface area contributed by atoms with Gasteiger partial charge >= 0.3 is 12.0 Å². The highest BCUT2D eigenvalue weighted by atomic mass is 16.5. The number of nitrogens with zero attached hydrogens (tertiary/aromatic N) is 4. The second-order valence-corrected chi connectivity index (χ2v) is 9.01. The summed E-state index contributed by atoms with van der Waals surface area (Å²) in [5.41, 5.74) is 6.11. The summed E-state index contributed by atoms with van der Waals surface area (Å²) in [5, 5.41) is 1.65. The molecule has 0 aliphatic carbocycles. The Kier molecular flexibility index (Phi) is 7.70. The van der Waals surface area contributed by atoms with Crippen LogP contribution < -0.4 is 15.2 Å². The van der Waals surface area contributed by atoms with Crippen LogP contribution in [0.3, 0.4) is 0 Å². The number of hydrogen-bond acceptors (Lipinski definition) is 6. The van der Waals surface area contributed by atoms with E-state index in [0.717, 1.165) is 49.5 Å². The zero-order valence-electron chi connectivity index (χ0n) is 20.3. The Balaban J connectivity index is 1.40. The smallest absolute Gasteiger partial charge is 0.340 e. The van der Waals surface area contributed by atoms with Crippen LogP contribution in [0.4, 0.5) is 16.2 Å². The van der Waals surface area contributed by atoms with Crippen molar-refractivity contribution in [2.45, 2.75) is 39.3 Å². The Morgan fingerprint density at radius 3 is 2.21 bits per heavy atom. The van der Waals surface area contributed by atoms with Gasteiger partial charge in [-0.2, -0.15) is 0 Å². The molecule has 2 heterocycles. The van der Waals surface area contributed by atoms with E-state index in [0.29, 0.717) is 13.3 Å². The number of rotatable bonds is 8. The summed E-state index contributed by atoms with van der Waals surface area (Å²) in [7, 11) is 0. The number of benzene rings is 2. The number of hydrogen-bond donors (Lipinski definition) is 1. The summed E-state index contributed by atoms with van der Waals surface area (Å²) < 4.78 is 5.53. The normalized spacial score (nSPS) is 18.0. The third-order valence-electron chi connectivity index (χ3n) is 6.35. The summed E-state index contributed by atoms with van der Waals surface area (Å²) in [6.45, 7) is 10.1. The summed E-state index contributed by atoms with van der Waals surface area (Å²) in [4.78, 5) is 31.8. The Morgan fingerprint density at radius 1 is 0.971 bits per heavy atom. The van der Waals surface area contributed by atoms with E-state index in [2.05, 4.69) is 27.4 Å². The van der Waals surface area contributed by atoms with Crippen LogP contribution in [0.1, 0.15) is 38.8 Å². The molecule has 2 amide bonds. The number of ether oxygens (including phenoxy) is 1. The molecule has 1 N–H and O–H groups in total. The molecule has 182 valence electrons. The van der Waals surface area contributed by atoms with Crippen LogP contribution in [-0.2, 0) is 9.53 Å². The van der Waals surface area contributed by atoms with Gasteiger partial charge in [0.2, 0.25) is 0 Å². The highest BCUT2D eigenvalue weighted by Gasteiger charge is 2.33. The molecule has 2 aliphatic rings. The number of urea groups is 1. The molecular weight excluding hydrogens is 430 g/mol. The number of nitrogens with one attached hydrogen (secondary N) is 1. The van der Waals surface area contributed by atoms with Crippen LogP contribution in [0.25, 0.3) is 0 Å². The van der Waals surface area contributed by atoms with Crippen LogP contribution in [-0.4, -0.2) is 67.4 Å². The molecular formula is C26H35N5O3. The van der Waals surface area contributed by atoms with Crippen molar-refractivity contribution in [1.82, 2.24) is 15.3 Å². The zero-order chi connectivity index (χ0) is 24.1. The van der Waals surface area contributed by atoms with Crippen molar-refractivity contribution in [3.05, 3.63) is 60.2 Å². The lowest BCUT2D eigenvalue weighted by Crippen LogP contribution is -2.49. The maximum atomic E-state index is 12.9. The number of carbonyl (C=O) groups is 2. The first kappa shape index (κ1) is 24.0. The number of hydrazine groups is 1. The maximum Gasteiger partial charge on any atom is 0.340 e. The molecule has 0 aromatic heterocycles. The van der Waals surface area contributed by atoms with Gasteiger partial charge in [-0.1, -0.05) is 37.3 Å². The van der Waals surface area contributed by atoms with Gasteiger partial charge in [0.05, 0.1) is 13.3 Å². The SMILES string of the molecule is CCCOC(=O)C(c1ccccc1)N1CCN(c2ccc(N3CNN(C(C)C)C3=O)cc2)CC1. The standard InChI is InChI=1S/C26H35N5O3/c1-4-18-34-25(32)24(21-8-6-5-7-9-21)29-16-14-28(15-17-29)22-10-12-23(13-11-22)30-19-27-31(20(2)3)26(30)33/h5-13,20,24,27H,4,14-19H2,1-3H3. The molecule has 2 fully saturated rings. The topological polar surface area (TPSA) is 68.4 Å².